The van der Waals surface area contributed by atoms with Crippen molar-refractivity contribution in [2.24, 2.45) is 0 Å². The maximum atomic E-state index is 12.4. The molecular weight excluding hydrogens is 408 g/mol. The third-order valence-electron chi connectivity index (χ3n) is 3.65. The number of anilines is 1. The van der Waals surface area contributed by atoms with Gasteiger partial charge in [-0.15, -0.1) is 0 Å². The minimum atomic E-state index is -0.657. The Bertz CT molecular complexity index is 986. The average Bonchev–Trinajstić information content (AvgIpc) is 3.27. The standard InChI is InChI=1S/C18H13ClN2O6S/c1-26-17(24)12-7-10(4-5-13(12)19)20-15(22)9-21-16(23)14(28-18(21)25)8-11-3-2-6-27-11/h2-8H,9H2,1H3,(H,20,22)/b14-8+. The van der Waals surface area contributed by atoms with E-state index in [1.165, 1.54) is 37.6 Å². The minimum Gasteiger partial charge on any atom is -0.465 e. The average molecular weight is 421 g/mol. The lowest BCUT2D eigenvalue weighted by Crippen LogP contribution is -2.36. The van der Waals surface area contributed by atoms with Gasteiger partial charge in [0.05, 0.1) is 28.9 Å². The van der Waals surface area contributed by atoms with Gasteiger partial charge in [-0.2, -0.15) is 0 Å². The number of amides is 3. The van der Waals surface area contributed by atoms with E-state index in [4.69, 9.17) is 16.0 Å². The van der Waals surface area contributed by atoms with Gasteiger partial charge < -0.3 is 14.5 Å². The summed E-state index contributed by atoms with van der Waals surface area (Å²) in [5, 5.41) is 2.12. The monoisotopic (exact) mass is 420 g/mol. The quantitative estimate of drug-likeness (QED) is 0.583. The lowest BCUT2D eigenvalue weighted by atomic mass is 10.2. The van der Waals surface area contributed by atoms with Crippen molar-refractivity contribution in [3.63, 3.8) is 0 Å². The molecule has 1 aliphatic heterocycles. The van der Waals surface area contributed by atoms with E-state index in [1.54, 1.807) is 12.1 Å². The summed E-state index contributed by atoms with van der Waals surface area (Å²) in [7, 11) is 1.21. The largest absolute Gasteiger partial charge is 0.465 e. The second kappa shape index (κ2) is 8.32. The van der Waals surface area contributed by atoms with Crippen molar-refractivity contribution < 1.29 is 28.3 Å². The number of ether oxygens (including phenoxy) is 1. The molecule has 0 spiro atoms. The Hall–Kier alpha value is -3.04. The number of methoxy groups -OCH3 is 1. The molecular formula is C18H13ClN2O6S. The second-order valence-corrected chi connectivity index (χ2v) is 6.92. The van der Waals surface area contributed by atoms with E-state index in [-0.39, 0.29) is 21.2 Å². The van der Waals surface area contributed by atoms with E-state index < -0.39 is 29.6 Å². The molecule has 1 aromatic carbocycles. The molecule has 144 valence electrons. The highest BCUT2D eigenvalue weighted by atomic mass is 35.5. The molecule has 0 atom stereocenters. The molecule has 0 unspecified atom stereocenters. The molecule has 0 aliphatic carbocycles. The molecule has 0 bridgehead atoms. The van der Waals surface area contributed by atoms with Crippen LogP contribution in [0.1, 0.15) is 16.1 Å². The van der Waals surface area contributed by atoms with Crippen LogP contribution < -0.4 is 5.32 Å². The smallest absolute Gasteiger partial charge is 0.339 e. The molecule has 28 heavy (non-hydrogen) atoms. The number of thioether (sulfide) groups is 1. The Labute approximate surface area is 168 Å². The van der Waals surface area contributed by atoms with Crippen LogP contribution in [0.15, 0.2) is 45.9 Å². The van der Waals surface area contributed by atoms with Gasteiger partial charge in [0.25, 0.3) is 11.1 Å². The minimum absolute atomic E-state index is 0.0783. The lowest BCUT2D eigenvalue weighted by Gasteiger charge is -2.13. The van der Waals surface area contributed by atoms with Crippen LogP contribution in [0.25, 0.3) is 6.08 Å². The van der Waals surface area contributed by atoms with E-state index in [1.807, 2.05) is 0 Å². The second-order valence-electron chi connectivity index (χ2n) is 5.52. The van der Waals surface area contributed by atoms with Crippen LogP contribution in [0.5, 0.6) is 0 Å². The highest BCUT2D eigenvalue weighted by molar-refractivity contribution is 8.18. The molecule has 8 nitrogen and oxygen atoms in total. The van der Waals surface area contributed by atoms with Crippen LogP contribution in [0.4, 0.5) is 10.5 Å². The van der Waals surface area contributed by atoms with E-state index in [9.17, 15) is 19.2 Å². The molecule has 1 aromatic heterocycles. The fourth-order valence-corrected chi connectivity index (χ4v) is 3.37. The lowest BCUT2D eigenvalue weighted by molar-refractivity contribution is -0.127. The first-order valence-electron chi connectivity index (χ1n) is 7.85. The van der Waals surface area contributed by atoms with Gasteiger partial charge in [-0.1, -0.05) is 11.6 Å². The van der Waals surface area contributed by atoms with Gasteiger partial charge in [0.2, 0.25) is 5.91 Å². The summed E-state index contributed by atoms with van der Waals surface area (Å²) in [4.78, 5) is 49.4. The fraction of sp³-hybridized carbons (Fsp3) is 0.111. The van der Waals surface area contributed by atoms with Gasteiger partial charge in [0.1, 0.15) is 12.3 Å². The van der Waals surface area contributed by atoms with Crippen molar-refractivity contribution in [1.29, 1.82) is 0 Å². The van der Waals surface area contributed by atoms with Gasteiger partial charge in [0.15, 0.2) is 0 Å². The molecule has 2 heterocycles. The number of hydrogen-bond donors (Lipinski definition) is 1. The molecule has 1 fully saturated rings. The number of furan rings is 1. The van der Waals surface area contributed by atoms with E-state index in [0.717, 1.165) is 16.7 Å². The molecule has 1 aliphatic rings. The van der Waals surface area contributed by atoms with Crippen LogP contribution in [0, 0.1) is 0 Å². The van der Waals surface area contributed by atoms with Crippen molar-refractivity contribution >= 4 is 58.1 Å². The normalized spacial score (nSPS) is 15.2. The summed E-state index contributed by atoms with van der Waals surface area (Å²) in [5.41, 5.74) is 0.349. The van der Waals surface area contributed by atoms with Crippen molar-refractivity contribution in [2.75, 3.05) is 19.0 Å². The number of esters is 1. The van der Waals surface area contributed by atoms with Gasteiger partial charge in [-0.25, -0.2) is 4.79 Å². The van der Waals surface area contributed by atoms with Gasteiger partial charge in [0, 0.05) is 11.8 Å². The maximum Gasteiger partial charge on any atom is 0.339 e. The van der Waals surface area contributed by atoms with E-state index in [2.05, 4.69) is 10.1 Å². The fourth-order valence-electron chi connectivity index (χ4n) is 2.35. The first kappa shape index (κ1) is 19.7. The number of carbonyl (C=O) groups is 4. The van der Waals surface area contributed by atoms with Gasteiger partial charge in [-0.05, 0) is 42.1 Å². The Morgan fingerprint density at radius 1 is 1.32 bits per heavy atom. The first-order chi connectivity index (χ1) is 13.4. The summed E-state index contributed by atoms with van der Waals surface area (Å²) in [5.74, 6) is -1.44. The zero-order valence-electron chi connectivity index (χ0n) is 14.4. The molecule has 2 aromatic rings. The van der Waals surface area contributed by atoms with Crippen molar-refractivity contribution in [3.8, 4) is 0 Å². The summed E-state index contributed by atoms with van der Waals surface area (Å²) in [6.07, 6.45) is 2.88. The third kappa shape index (κ3) is 4.26. The highest BCUT2D eigenvalue weighted by Gasteiger charge is 2.36. The molecule has 0 saturated carbocycles. The number of nitrogens with zero attached hydrogens (tertiary/aromatic N) is 1. The van der Waals surface area contributed by atoms with Crippen molar-refractivity contribution in [3.05, 3.63) is 57.8 Å². The third-order valence-corrected chi connectivity index (χ3v) is 4.88. The maximum absolute atomic E-state index is 12.4. The predicted octanol–water partition coefficient (Wildman–Crippen LogP) is 3.39. The van der Waals surface area contributed by atoms with Crippen molar-refractivity contribution in [1.82, 2.24) is 4.90 Å². The predicted molar refractivity (Wildman–Crippen MR) is 103 cm³/mol. The molecule has 10 heteroatoms. The molecule has 3 amide bonds. The number of benzene rings is 1. The number of nitrogens with one attached hydrogen (secondary N) is 1. The van der Waals surface area contributed by atoms with Crippen LogP contribution >= 0.6 is 23.4 Å². The molecule has 1 N–H and O–H groups in total. The highest BCUT2D eigenvalue weighted by Crippen LogP contribution is 2.32. The number of rotatable bonds is 5. The Kier molecular flexibility index (Phi) is 5.86. The van der Waals surface area contributed by atoms with Gasteiger partial charge in [-0.3, -0.25) is 19.3 Å². The molecule has 1 saturated heterocycles. The molecule has 3 rings (SSSR count). The van der Waals surface area contributed by atoms with Crippen LogP contribution in [0.3, 0.4) is 0 Å². The first-order valence-corrected chi connectivity index (χ1v) is 9.05. The number of imide groups is 1. The summed E-state index contributed by atoms with van der Waals surface area (Å²) in [6, 6.07) is 7.54. The van der Waals surface area contributed by atoms with Crippen LogP contribution in [-0.4, -0.2) is 41.6 Å². The number of carbonyl (C=O) groups excluding carboxylic acids is 4. The molecule has 0 radical (unpaired) electrons. The summed E-state index contributed by atoms with van der Waals surface area (Å²) in [6.45, 7) is -0.476. The van der Waals surface area contributed by atoms with Crippen LogP contribution in [0.2, 0.25) is 5.02 Å². The topological polar surface area (TPSA) is 106 Å². The Morgan fingerprint density at radius 2 is 2.11 bits per heavy atom. The number of halogens is 1. The Balaban J connectivity index is 1.69. The SMILES string of the molecule is COC(=O)c1cc(NC(=O)CN2C(=O)S/C(=C/c3ccco3)C2=O)ccc1Cl. The van der Waals surface area contributed by atoms with E-state index >= 15 is 0 Å². The summed E-state index contributed by atoms with van der Waals surface area (Å²) >= 11 is 6.65. The zero-order chi connectivity index (χ0) is 20.3. The van der Waals surface area contributed by atoms with E-state index in [0.29, 0.717) is 5.76 Å². The van der Waals surface area contributed by atoms with Gasteiger partial charge >= 0.3 is 5.97 Å². The zero-order valence-corrected chi connectivity index (χ0v) is 16.0. The number of hydrogen-bond acceptors (Lipinski definition) is 7. The van der Waals surface area contributed by atoms with Crippen molar-refractivity contribution in [2.45, 2.75) is 0 Å². The summed E-state index contributed by atoms with van der Waals surface area (Å²) < 4.78 is 9.74. The van der Waals surface area contributed by atoms with Crippen LogP contribution in [-0.2, 0) is 14.3 Å². The Morgan fingerprint density at radius 3 is 2.79 bits per heavy atom.